The lowest BCUT2D eigenvalue weighted by Gasteiger charge is -2.41. The van der Waals surface area contributed by atoms with Crippen molar-refractivity contribution in [3.05, 3.63) is 17.7 Å². The van der Waals surface area contributed by atoms with Gasteiger partial charge in [-0.3, -0.25) is 4.90 Å². The number of aryl methyl sites for hydroxylation is 2. The summed E-state index contributed by atoms with van der Waals surface area (Å²) in [5, 5.41) is 0. The molecule has 1 atom stereocenters. The minimum Gasteiger partial charge on any atom is -0.368 e. The predicted octanol–water partition coefficient (Wildman–Crippen LogP) is 0.526. The molecule has 0 aromatic carbocycles. The van der Waals surface area contributed by atoms with Crippen molar-refractivity contribution in [3.63, 3.8) is 0 Å². The zero-order chi connectivity index (χ0) is 16.6. The van der Waals surface area contributed by atoms with E-state index in [1.165, 1.54) is 6.26 Å². The second-order valence-corrected chi connectivity index (χ2v) is 8.58. The van der Waals surface area contributed by atoms with E-state index in [0.29, 0.717) is 25.7 Å². The van der Waals surface area contributed by atoms with Gasteiger partial charge in [-0.2, -0.15) is 0 Å². The molecule has 1 aromatic heterocycles. The summed E-state index contributed by atoms with van der Waals surface area (Å²) in [7, 11) is -1.06. The average molecular weight is 342 g/mol. The first kappa shape index (κ1) is 16.9. The van der Waals surface area contributed by atoms with E-state index in [1.807, 2.05) is 24.7 Å². The second-order valence-electron chi connectivity index (χ2n) is 6.60. The smallest absolute Gasteiger partial charge is 0.211 e. The van der Waals surface area contributed by atoms with Gasteiger partial charge in [0.15, 0.2) is 0 Å². The molecule has 3 rings (SSSR count). The average Bonchev–Trinajstić information content (AvgIpc) is 2.85. The van der Waals surface area contributed by atoms with Gasteiger partial charge in [0.1, 0.15) is 11.9 Å². The number of hydrogen-bond acceptors (Lipinski definition) is 5. The second kappa shape index (κ2) is 6.51. The highest BCUT2D eigenvalue weighted by Crippen LogP contribution is 2.26. The van der Waals surface area contributed by atoms with E-state index in [9.17, 15) is 8.42 Å². The summed E-state index contributed by atoms with van der Waals surface area (Å²) in [4.78, 5) is 7.02. The van der Waals surface area contributed by atoms with Crippen molar-refractivity contribution in [1.29, 1.82) is 0 Å². The van der Waals surface area contributed by atoms with Crippen molar-refractivity contribution < 1.29 is 13.2 Å². The zero-order valence-corrected chi connectivity index (χ0v) is 14.9. The van der Waals surface area contributed by atoms with Crippen molar-refractivity contribution in [2.75, 3.05) is 39.0 Å². The van der Waals surface area contributed by atoms with Crippen LogP contribution in [0.15, 0.2) is 6.20 Å². The van der Waals surface area contributed by atoms with Crippen LogP contribution in [0.1, 0.15) is 30.5 Å². The van der Waals surface area contributed by atoms with Gasteiger partial charge in [-0.05, 0) is 19.8 Å². The molecular formula is C15H26N4O3S. The lowest BCUT2D eigenvalue weighted by molar-refractivity contribution is -0.0557. The van der Waals surface area contributed by atoms with Gasteiger partial charge >= 0.3 is 0 Å². The standard InChI is InChI=1S/C15H26N4O3S/c1-12-10-17(2)15(16-12)14-11-18(8-9-22-14)13-4-6-19(7-5-13)23(3,20)21/h10,13-14H,4-9,11H2,1-3H3/t14-/m1/s1. The molecule has 8 heteroatoms. The number of aromatic nitrogens is 2. The van der Waals surface area contributed by atoms with Gasteiger partial charge in [0.05, 0.1) is 18.6 Å². The third kappa shape index (κ3) is 3.76. The van der Waals surface area contributed by atoms with Crippen molar-refractivity contribution in [3.8, 4) is 0 Å². The highest BCUT2D eigenvalue weighted by atomic mass is 32.2. The summed E-state index contributed by atoms with van der Waals surface area (Å²) >= 11 is 0. The molecule has 0 unspecified atom stereocenters. The Labute approximate surface area is 138 Å². The summed E-state index contributed by atoms with van der Waals surface area (Å²) in [5.41, 5.74) is 1.00. The number of ether oxygens (including phenoxy) is 1. The van der Waals surface area contributed by atoms with Gasteiger partial charge < -0.3 is 9.30 Å². The van der Waals surface area contributed by atoms with Crippen LogP contribution in [0.25, 0.3) is 0 Å². The molecule has 0 radical (unpaired) electrons. The van der Waals surface area contributed by atoms with E-state index in [0.717, 1.165) is 37.4 Å². The summed E-state index contributed by atoms with van der Waals surface area (Å²) in [6.07, 6.45) is 5.08. The summed E-state index contributed by atoms with van der Waals surface area (Å²) in [6, 6.07) is 0.431. The zero-order valence-electron chi connectivity index (χ0n) is 14.1. The van der Waals surface area contributed by atoms with Crippen LogP contribution in [0.2, 0.25) is 0 Å². The molecule has 1 aromatic rings. The van der Waals surface area contributed by atoms with Crippen molar-refractivity contribution >= 4 is 10.0 Å². The van der Waals surface area contributed by atoms with Gasteiger partial charge in [0, 0.05) is 45.5 Å². The molecule has 0 N–H and O–H groups in total. The van der Waals surface area contributed by atoms with E-state index >= 15 is 0 Å². The molecule has 130 valence electrons. The maximum atomic E-state index is 11.6. The fraction of sp³-hybridized carbons (Fsp3) is 0.800. The summed E-state index contributed by atoms with van der Waals surface area (Å²) < 4.78 is 32.8. The van der Waals surface area contributed by atoms with E-state index < -0.39 is 10.0 Å². The number of sulfonamides is 1. The fourth-order valence-corrected chi connectivity index (χ4v) is 4.50. The molecule has 2 fully saturated rings. The van der Waals surface area contributed by atoms with Gasteiger partial charge in [-0.25, -0.2) is 17.7 Å². The van der Waals surface area contributed by atoms with Gasteiger partial charge in [-0.15, -0.1) is 0 Å². The van der Waals surface area contributed by atoms with Crippen molar-refractivity contribution in [1.82, 2.24) is 18.8 Å². The number of piperidine rings is 1. The molecule has 2 aliphatic heterocycles. The monoisotopic (exact) mass is 342 g/mol. The van der Waals surface area contributed by atoms with Crippen LogP contribution < -0.4 is 0 Å². The minimum absolute atomic E-state index is 0.00427. The van der Waals surface area contributed by atoms with Crippen LogP contribution in [0, 0.1) is 6.92 Å². The molecule has 0 saturated carbocycles. The highest BCUT2D eigenvalue weighted by molar-refractivity contribution is 7.88. The lowest BCUT2D eigenvalue weighted by atomic mass is 10.0. The number of nitrogens with zero attached hydrogens (tertiary/aromatic N) is 4. The predicted molar refractivity (Wildman–Crippen MR) is 87.6 cm³/mol. The Morgan fingerprint density at radius 2 is 1.96 bits per heavy atom. The first-order valence-electron chi connectivity index (χ1n) is 8.15. The Hall–Kier alpha value is -0.960. The molecule has 0 aliphatic carbocycles. The molecule has 2 saturated heterocycles. The Kier molecular flexibility index (Phi) is 4.78. The maximum absolute atomic E-state index is 11.6. The molecule has 3 heterocycles. The van der Waals surface area contributed by atoms with Crippen LogP contribution in [0.3, 0.4) is 0 Å². The molecule has 7 nitrogen and oxygen atoms in total. The topological polar surface area (TPSA) is 67.7 Å². The van der Waals surface area contributed by atoms with Gasteiger partial charge in [-0.1, -0.05) is 0 Å². The van der Waals surface area contributed by atoms with Crippen LogP contribution in [0.5, 0.6) is 0 Å². The van der Waals surface area contributed by atoms with E-state index in [-0.39, 0.29) is 6.10 Å². The lowest BCUT2D eigenvalue weighted by Crippen LogP contribution is -2.50. The van der Waals surface area contributed by atoms with E-state index in [4.69, 9.17) is 4.74 Å². The number of imidazole rings is 1. The quantitative estimate of drug-likeness (QED) is 0.801. The third-order valence-electron chi connectivity index (χ3n) is 4.83. The van der Waals surface area contributed by atoms with Gasteiger partial charge in [0.2, 0.25) is 10.0 Å². The number of morpholine rings is 1. The normalized spacial score (nSPS) is 25.8. The van der Waals surface area contributed by atoms with Crippen LogP contribution in [0.4, 0.5) is 0 Å². The Morgan fingerprint density at radius 1 is 1.26 bits per heavy atom. The maximum Gasteiger partial charge on any atom is 0.211 e. The van der Waals surface area contributed by atoms with Crippen LogP contribution >= 0.6 is 0 Å². The molecular weight excluding hydrogens is 316 g/mol. The molecule has 0 amide bonds. The SMILES string of the molecule is Cc1cn(C)c([C@H]2CN(C3CCN(S(C)(=O)=O)CC3)CCO2)n1. The molecule has 0 bridgehead atoms. The fourth-order valence-electron chi connectivity index (χ4n) is 3.63. The number of rotatable bonds is 3. The number of hydrogen-bond donors (Lipinski definition) is 0. The first-order chi connectivity index (χ1) is 10.8. The minimum atomic E-state index is -3.06. The molecule has 23 heavy (non-hydrogen) atoms. The highest BCUT2D eigenvalue weighted by Gasteiger charge is 2.33. The van der Waals surface area contributed by atoms with Crippen molar-refractivity contribution in [2.24, 2.45) is 7.05 Å². The van der Waals surface area contributed by atoms with Crippen LogP contribution in [-0.2, 0) is 21.8 Å². The third-order valence-corrected chi connectivity index (χ3v) is 6.13. The molecule has 2 aliphatic rings. The Balaban J connectivity index is 1.62. The van der Waals surface area contributed by atoms with E-state index in [1.54, 1.807) is 4.31 Å². The van der Waals surface area contributed by atoms with Crippen molar-refractivity contribution in [2.45, 2.75) is 31.9 Å². The van der Waals surface area contributed by atoms with Gasteiger partial charge in [0.25, 0.3) is 0 Å². The summed E-state index contributed by atoms with van der Waals surface area (Å²) in [5.74, 6) is 0.973. The first-order valence-corrected chi connectivity index (χ1v) is 10.00. The molecule has 0 spiro atoms. The summed E-state index contributed by atoms with van der Waals surface area (Å²) in [6.45, 7) is 5.66. The Bertz CT molecular complexity index is 650. The largest absolute Gasteiger partial charge is 0.368 e. The van der Waals surface area contributed by atoms with Crippen LogP contribution in [-0.4, -0.2) is 72.3 Å². The van der Waals surface area contributed by atoms with E-state index in [2.05, 4.69) is 9.88 Å². The Morgan fingerprint density at radius 3 is 2.52 bits per heavy atom.